The summed E-state index contributed by atoms with van der Waals surface area (Å²) >= 11 is 0. The Morgan fingerprint density at radius 3 is 3.12 bits per heavy atom. The number of hydrogen-bond acceptors (Lipinski definition) is 5. The number of likely N-dealkylation sites (tertiary alicyclic amines) is 1. The second-order valence-electron chi connectivity index (χ2n) is 7.13. The van der Waals surface area contributed by atoms with Gasteiger partial charge in [-0.3, -0.25) is 4.90 Å². The van der Waals surface area contributed by atoms with Crippen molar-refractivity contribution in [1.82, 2.24) is 29.0 Å². The van der Waals surface area contributed by atoms with Gasteiger partial charge in [0.2, 0.25) is 0 Å². The quantitative estimate of drug-likeness (QED) is 0.792. The molecule has 7 nitrogen and oxygen atoms in total. The van der Waals surface area contributed by atoms with Crippen LogP contribution in [0.1, 0.15) is 30.3 Å². The first kappa shape index (κ1) is 14.9. The van der Waals surface area contributed by atoms with Crippen LogP contribution in [0.25, 0.3) is 11.0 Å². The molecule has 7 heteroatoms. The van der Waals surface area contributed by atoms with Gasteiger partial charge < -0.3 is 14.5 Å². The van der Waals surface area contributed by atoms with Gasteiger partial charge in [0.25, 0.3) is 0 Å². The van der Waals surface area contributed by atoms with E-state index in [1.165, 1.54) is 23.9 Å². The number of hydrogen-bond donors (Lipinski definition) is 1. The Morgan fingerprint density at radius 2 is 2.24 bits per heavy atom. The van der Waals surface area contributed by atoms with E-state index in [4.69, 9.17) is 0 Å². The molecule has 1 saturated heterocycles. The van der Waals surface area contributed by atoms with E-state index in [-0.39, 0.29) is 0 Å². The van der Waals surface area contributed by atoms with Crippen LogP contribution < -0.4 is 5.32 Å². The molecule has 0 aromatic carbocycles. The highest BCUT2D eigenvalue weighted by Crippen LogP contribution is 2.32. The minimum Gasteiger partial charge on any atom is -0.369 e. The van der Waals surface area contributed by atoms with Crippen molar-refractivity contribution in [2.75, 3.05) is 25.0 Å². The van der Waals surface area contributed by atoms with Gasteiger partial charge in [0.15, 0.2) is 0 Å². The molecule has 0 radical (unpaired) electrons. The lowest BCUT2D eigenvalue weighted by Gasteiger charge is -2.33. The number of aromatic nitrogens is 5. The molecule has 0 unspecified atom stereocenters. The average Bonchev–Trinajstić information content (AvgIpc) is 3.34. The van der Waals surface area contributed by atoms with Gasteiger partial charge in [0.1, 0.15) is 17.2 Å². The molecule has 0 spiro atoms. The molecule has 0 amide bonds. The van der Waals surface area contributed by atoms with Gasteiger partial charge in [0.05, 0.1) is 24.6 Å². The molecule has 5 rings (SSSR count). The highest BCUT2D eigenvalue weighted by Gasteiger charge is 2.26. The van der Waals surface area contributed by atoms with E-state index >= 15 is 0 Å². The number of aryl methyl sites for hydroxylation is 1. The highest BCUT2D eigenvalue weighted by molar-refractivity contribution is 5.83. The van der Waals surface area contributed by atoms with E-state index in [0.29, 0.717) is 6.04 Å². The van der Waals surface area contributed by atoms with Crippen LogP contribution in [0.15, 0.2) is 24.9 Å². The Labute approximate surface area is 146 Å². The molecule has 25 heavy (non-hydrogen) atoms. The van der Waals surface area contributed by atoms with Crippen LogP contribution in [0.2, 0.25) is 0 Å². The number of fused-ring (bicyclic) bond motifs is 3. The lowest BCUT2D eigenvalue weighted by Crippen LogP contribution is -2.36. The molecule has 1 N–H and O–H groups in total. The smallest absolute Gasteiger partial charge is 0.131 e. The monoisotopic (exact) mass is 337 g/mol. The summed E-state index contributed by atoms with van der Waals surface area (Å²) in [6, 6.07) is 0.464. The van der Waals surface area contributed by atoms with Crippen molar-refractivity contribution < 1.29 is 0 Å². The third kappa shape index (κ3) is 2.50. The number of piperidine rings is 1. The van der Waals surface area contributed by atoms with Gasteiger partial charge in [-0.1, -0.05) is 0 Å². The van der Waals surface area contributed by atoms with Crippen LogP contribution >= 0.6 is 0 Å². The largest absolute Gasteiger partial charge is 0.369 e. The molecule has 2 aliphatic rings. The summed E-state index contributed by atoms with van der Waals surface area (Å²) in [5.41, 5.74) is 3.62. The average molecular weight is 337 g/mol. The standard InChI is InChI=1S/C18H23N7/c1-23-8-6-19-16(23)11-24-7-2-3-13(10-24)25-12-22-15-9-21-18-14(17(15)25)4-5-20-18/h6,8-9,12-13H,2-5,7,10-11H2,1H3,(H,20,21)/t13-/m1/s1. The SMILES string of the molecule is Cn1ccnc1CN1CCC[C@@H](n2cnc3cnc4c(c32)CCN4)C1. The predicted octanol–water partition coefficient (Wildman–Crippen LogP) is 1.97. The molecular weight excluding hydrogens is 314 g/mol. The van der Waals surface area contributed by atoms with Gasteiger partial charge in [-0.15, -0.1) is 0 Å². The number of nitrogens with one attached hydrogen (secondary N) is 1. The van der Waals surface area contributed by atoms with E-state index in [2.05, 4.69) is 41.4 Å². The number of imidazole rings is 2. The minimum atomic E-state index is 0.464. The van der Waals surface area contributed by atoms with Crippen molar-refractivity contribution in [3.63, 3.8) is 0 Å². The first-order chi connectivity index (χ1) is 12.3. The summed E-state index contributed by atoms with van der Waals surface area (Å²) in [6.07, 6.45) is 11.3. The summed E-state index contributed by atoms with van der Waals surface area (Å²) in [7, 11) is 2.07. The van der Waals surface area contributed by atoms with Gasteiger partial charge in [-0.05, 0) is 25.8 Å². The lowest BCUT2D eigenvalue weighted by atomic mass is 10.0. The van der Waals surface area contributed by atoms with Gasteiger partial charge >= 0.3 is 0 Å². The maximum Gasteiger partial charge on any atom is 0.131 e. The molecule has 2 aliphatic heterocycles. The molecule has 1 atom stereocenters. The maximum atomic E-state index is 4.62. The van der Waals surface area contributed by atoms with E-state index in [1.54, 1.807) is 0 Å². The molecular formula is C18H23N7. The molecule has 3 aromatic rings. The zero-order valence-electron chi connectivity index (χ0n) is 14.5. The van der Waals surface area contributed by atoms with E-state index in [9.17, 15) is 0 Å². The third-order valence-electron chi connectivity index (χ3n) is 5.54. The summed E-state index contributed by atoms with van der Waals surface area (Å²) < 4.78 is 4.51. The number of pyridine rings is 1. The van der Waals surface area contributed by atoms with Crippen LogP contribution in [0.5, 0.6) is 0 Å². The predicted molar refractivity (Wildman–Crippen MR) is 96.5 cm³/mol. The fraction of sp³-hybridized carbons (Fsp3) is 0.500. The summed E-state index contributed by atoms with van der Waals surface area (Å²) in [4.78, 5) is 16.1. The number of rotatable bonds is 3. The van der Waals surface area contributed by atoms with Crippen LogP contribution in [0.4, 0.5) is 5.82 Å². The first-order valence-electron chi connectivity index (χ1n) is 9.06. The number of nitrogens with zero attached hydrogens (tertiary/aromatic N) is 6. The van der Waals surface area contributed by atoms with Crippen molar-refractivity contribution >= 4 is 16.9 Å². The fourth-order valence-corrected chi connectivity index (χ4v) is 4.22. The molecule has 3 aromatic heterocycles. The summed E-state index contributed by atoms with van der Waals surface area (Å²) in [6.45, 7) is 4.07. The van der Waals surface area contributed by atoms with Crippen LogP contribution in [0, 0.1) is 0 Å². The van der Waals surface area contributed by atoms with Crippen molar-refractivity contribution in [1.29, 1.82) is 0 Å². The molecule has 0 aliphatic carbocycles. The van der Waals surface area contributed by atoms with Crippen LogP contribution in [0.3, 0.4) is 0 Å². The normalized spacial score (nSPS) is 20.8. The molecule has 0 bridgehead atoms. The number of anilines is 1. The molecule has 0 saturated carbocycles. The van der Waals surface area contributed by atoms with Crippen molar-refractivity contribution in [2.24, 2.45) is 7.05 Å². The zero-order valence-corrected chi connectivity index (χ0v) is 14.5. The summed E-state index contributed by atoms with van der Waals surface area (Å²) in [5, 5.41) is 3.38. The first-order valence-corrected chi connectivity index (χ1v) is 9.06. The Hall–Kier alpha value is -2.41. The fourth-order valence-electron chi connectivity index (χ4n) is 4.22. The minimum absolute atomic E-state index is 0.464. The van der Waals surface area contributed by atoms with Crippen molar-refractivity contribution in [3.8, 4) is 0 Å². The Balaban J connectivity index is 1.44. The zero-order chi connectivity index (χ0) is 16.8. The second-order valence-corrected chi connectivity index (χ2v) is 7.13. The van der Waals surface area contributed by atoms with Crippen LogP contribution in [-0.4, -0.2) is 48.6 Å². The van der Waals surface area contributed by atoms with Crippen LogP contribution in [-0.2, 0) is 20.0 Å². The Kier molecular flexibility index (Phi) is 3.48. The van der Waals surface area contributed by atoms with Crippen molar-refractivity contribution in [2.45, 2.75) is 31.8 Å². The Bertz CT molecular complexity index is 909. The van der Waals surface area contributed by atoms with Gasteiger partial charge in [-0.25, -0.2) is 15.0 Å². The second kappa shape index (κ2) is 5.84. The third-order valence-corrected chi connectivity index (χ3v) is 5.54. The molecule has 130 valence electrons. The lowest BCUT2D eigenvalue weighted by molar-refractivity contribution is 0.167. The topological polar surface area (TPSA) is 63.8 Å². The van der Waals surface area contributed by atoms with E-state index in [0.717, 1.165) is 49.8 Å². The maximum absolute atomic E-state index is 4.62. The molecule has 5 heterocycles. The van der Waals surface area contributed by atoms with Gasteiger partial charge in [0, 0.05) is 44.1 Å². The highest BCUT2D eigenvalue weighted by atomic mass is 15.2. The van der Waals surface area contributed by atoms with Crippen molar-refractivity contribution in [3.05, 3.63) is 36.3 Å². The van der Waals surface area contributed by atoms with E-state index in [1.807, 2.05) is 24.9 Å². The summed E-state index contributed by atoms with van der Waals surface area (Å²) in [5.74, 6) is 2.17. The Morgan fingerprint density at radius 1 is 1.28 bits per heavy atom. The van der Waals surface area contributed by atoms with E-state index < -0.39 is 0 Å². The van der Waals surface area contributed by atoms with Gasteiger partial charge in [-0.2, -0.15) is 0 Å². The molecule has 1 fully saturated rings.